The highest BCUT2D eigenvalue weighted by Gasteiger charge is 2.24. The highest BCUT2D eigenvalue weighted by molar-refractivity contribution is 9.10. The molecule has 8 heteroatoms. The van der Waals surface area contributed by atoms with E-state index in [1.807, 2.05) is 6.07 Å². The number of carbonyl (C=O) groups is 2. The fourth-order valence-electron chi connectivity index (χ4n) is 2.11. The van der Waals surface area contributed by atoms with Gasteiger partial charge in [-0.05, 0) is 47.1 Å². The summed E-state index contributed by atoms with van der Waals surface area (Å²) < 4.78 is 5.40. The zero-order valence-electron chi connectivity index (χ0n) is 13.5. The second-order valence-corrected chi connectivity index (χ2v) is 6.06. The lowest BCUT2D eigenvalue weighted by molar-refractivity contribution is -0.385. The van der Waals surface area contributed by atoms with Crippen LogP contribution in [0.25, 0.3) is 0 Å². The number of nitro benzene ring substituents is 1. The van der Waals surface area contributed by atoms with Gasteiger partial charge in [0.2, 0.25) is 0 Å². The molecule has 0 N–H and O–H groups in total. The van der Waals surface area contributed by atoms with Gasteiger partial charge in [0, 0.05) is 18.8 Å². The molecule has 2 rings (SSSR count). The molecule has 1 atom stereocenters. The maximum Gasteiger partial charge on any atom is 0.339 e. The van der Waals surface area contributed by atoms with Crippen LogP contribution in [0.5, 0.6) is 0 Å². The largest absolute Gasteiger partial charge is 0.449 e. The molecule has 0 saturated carbocycles. The third-order valence-corrected chi connectivity index (χ3v) is 4.15. The summed E-state index contributed by atoms with van der Waals surface area (Å²) in [5.41, 5.74) is 0.404. The van der Waals surface area contributed by atoms with Crippen LogP contribution in [-0.4, -0.2) is 30.0 Å². The fourth-order valence-corrected chi connectivity index (χ4v) is 2.50. The molecule has 0 bridgehead atoms. The number of amides is 1. The summed E-state index contributed by atoms with van der Waals surface area (Å²) >= 11 is 3.04. The molecular weight excluding hydrogens is 392 g/mol. The second kappa shape index (κ2) is 7.89. The number of hydrogen-bond acceptors (Lipinski definition) is 5. The number of ether oxygens (including phenoxy) is 1. The fraction of sp³-hybridized carbons (Fsp3) is 0.176. The Hall–Kier alpha value is -2.74. The third-order valence-electron chi connectivity index (χ3n) is 3.48. The average molecular weight is 407 g/mol. The number of esters is 1. The first kappa shape index (κ1) is 18.6. The van der Waals surface area contributed by atoms with Gasteiger partial charge in [0.05, 0.1) is 15.0 Å². The second-order valence-electron chi connectivity index (χ2n) is 5.20. The molecule has 0 aliphatic carbocycles. The summed E-state index contributed by atoms with van der Waals surface area (Å²) in [7, 11) is 1.58. The van der Waals surface area contributed by atoms with Gasteiger partial charge in [0.15, 0.2) is 6.10 Å². The predicted molar refractivity (Wildman–Crippen MR) is 95.5 cm³/mol. The van der Waals surface area contributed by atoms with Gasteiger partial charge in [0.25, 0.3) is 11.6 Å². The maximum atomic E-state index is 12.4. The summed E-state index contributed by atoms with van der Waals surface area (Å²) in [5.74, 6) is -1.22. The van der Waals surface area contributed by atoms with Crippen molar-refractivity contribution in [1.82, 2.24) is 0 Å². The van der Waals surface area contributed by atoms with Crippen molar-refractivity contribution in [3.8, 4) is 0 Å². The Morgan fingerprint density at radius 1 is 1.20 bits per heavy atom. The Morgan fingerprint density at radius 2 is 1.84 bits per heavy atom. The molecule has 1 amide bonds. The minimum Gasteiger partial charge on any atom is -0.449 e. The van der Waals surface area contributed by atoms with Crippen LogP contribution in [0.15, 0.2) is 53.0 Å². The quantitative estimate of drug-likeness (QED) is 0.430. The first-order valence-electron chi connectivity index (χ1n) is 7.28. The lowest BCUT2D eigenvalue weighted by Crippen LogP contribution is -2.37. The molecule has 7 nitrogen and oxygen atoms in total. The molecule has 0 saturated heterocycles. The Bertz CT molecular complexity index is 810. The van der Waals surface area contributed by atoms with E-state index in [0.29, 0.717) is 5.69 Å². The first-order valence-corrected chi connectivity index (χ1v) is 8.08. The zero-order chi connectivity index (χ0) is 18.6. The van der Waals surface area contributed by atoms with Gasteiger partial charge >= 0.3 is 5.97 Å². The van der Waals surface area contributed by atoms with Gasteiger partial charge < -0.3 is 9.64 Å². The number of nitrogens with zero attached hydrogens (tertiary/aromatic N) is 2. The molecule has 0 radical (unpaired) electrons. The Kier molecular flexibility index (Phi) is 5.87. The van der Waals surface area contributed by atoms with Crippen molar-refractivity contribution in [3.05, 3.63) is 68.7 Å². The van der Waals surface area contributed by atoms with Crippen LogP contribution in [-0.2, 0) is 9.53 Å². The molecule has 0 unspecified atom stereocenters. The first-order chi connectivity index (χ1) is 11.8. The van der Waals surface area contributed by atoms with Crippen molar-refractivity contribution in [2.75, 3.05) is 11.9 Å². The minimum absolute atomic E-state index is 0.00286. The minimum atomic E-state index is -1.04. The van der Waals surface area contributed by atoms with E-state index in [1.54, 1.807) is 31.3 Å². The van der Waals surface area contributed by atoms with Gasteiger partial charge in [-0.15, -0.1) is 0 Å². The van der Waals surface area contributed by atoms with Gasteiger partial charge in [0.1, 0.15) is 0 Å². The Labute approximate surface area is 152 Å². The topological polar surface area (TPSA) is 89.7 Å². The summed E-state index contributed by atoms with van der Waals surface area (Å²) in [4.78, 5) is 36.2. The molecule has 2 aromatic carbocycles. The van der Waals surface area contributed by atoms with E-state index in [0.717, 1.165) is 6.07 Å². The summed E-state index contributed by atoms with van der Waals surface area (Å²) in [6.45, 7) is 1.45. The van der Waals surface area contributed by atoms with E-state index in [1.165, 1.54) is 24.0 Å². The van der Waals surface area contributed by atoms with E-state index < -0.39 is 22.9 Å². The Morgan fingerprint density at radius 3 is 2.44 bits per heavy atom. The number of carbonyl (C=O) groups excluding carboxylic acids is 2. The molecule has 0 spiro atoms. The van der Waals surface area contributed by atoms with Crippen molar-refractivity contribution < 1.29 is 19.2 Å². The summed E-state index contributed by atoms with van der Waals surface area (Å²) in [5, 5.41) is 10.9. The smallest absolute Gasteiger partial charge is 0.339 e. The lowest BCUT2D eigenvalue weighted by atomic mass is 10.2. The summed E-state index contributed by atoms with van der Waals surface area (Å²) in [6.07, 6.45) is -1.04. The number of benzene rings is 2. The van der Waals surface area contributed by atoms with E-state index >= 15 is 0 Å². The Balaban J connectivity index is 2.11. The zero-order valence-corrected chi connectivity index (χ0v) is 15.1. The van der Waals surface area contributed by atoms with E-state index in [2.05, 4.69) is 15.9 Å². The van der Waals surface area contributed by atoms with Crippen LogP contribution in [0.2, 0.25) is 0 Å². The lowest BCUT2D eigenvalue weighted by Gasteiger charge is -2.21. The number of likely N-dealkylation sites (N-methyl/N-ethyl adjacent to an activating group) is 1. The van der Waals surface area contributed by atoms with Crippen LogP contribution >= 0.6 is 15.9 Å². The highest BCUT2D eigenvalue weighted by Crippen LogP contribution is 2.26. The molecule has 2 aromatic rings. The SMILES string of the molecule is C[C@H](OC(=O)c1ccc(Br)c([N+](=O)[O-])c1)C(=O)N(C)c1ccccc1. The molecule has 0 aliphatic rings. The number of halogens is 1. The average Bonchev–Trinajstić information content (AvgIpc) is 2.61. The monoisotopic (exact) mass is 406 g/mol. The van der Waals surface area contributed by atoms with Gasteiger partial charge in [-0.2, -0.15) is 0 Å². The maximum absolute atomic E-state index is 12.4. The highest BCUT2D eigenvalue weighted by atomic mass is 79.9. The number of hydrogen-bond donors (Lipinski definition) is 0. The normalized spacial score (nSPS) is 11.5. The predicted octanol–water partition coefficient (Wildman–Crippen LogP) is 3.57. The number of nitro groups is 1. The van der Waals surface area contributed by atoms with Crippen molar-refractivity contribution in [3.63, 3.8) is 0 Å². The van der Waals surface area contributed by atoms with Crippen LogP contribution in [0.1, 0.15) is 17.3 Å². The van der Waals surface area contributed by atoms with Crippen LogP contribution in [0.3, 0.4) is 0 Å². The van der Waals surface area contributed by atoms with Crippen LogP contribution in [0, 0.1) is 10.1 Å². The molecule has 0 aliphatic heterocycles. The van der Waals surface area contributed by atoms with Crippen molar-refractivity contribution in [2.45, 2.75) is 13.0 Å². The molecule has 25 heavy (non-hydrogen) atoms. The molecule has 0 heterocycles. The van der Waals surface area contributed by atoms with Gasteiger partial charge in [-0.3, -0.25) is 14.9 Å². The summed E-state index contributed by atoms with van der Waals surface area (Å²) in [6, 6.07) is 12.8. The molecule has 0 fully saturated rings. The van der Waals surface area contributed by atoms with Crippen molar-refractivity contribution >= 4 is 39.2 Å². The number of para-hydroxylation sites is 1. The van der Waals surface area contributed by atoms with E-state index in [9.17, 15) is 19.7 Å². The van der Waals surface area contributed by atoms with E-state index in [-0.39, 0.29) is 15.7 Å². The third kappa shape index (κ3) is 4.42. The number of rotatable bonds is 5. The van der Waals surface area contributed by atoms with Crippen molar-refractivity contribution in [1.29, 1.82) is 0 Å². The van der Waals surface area contributed by atoms with E-state index in [4.69, 9.17) is 4.74 Å². The molecule has 0 aromatic heterocycles. The van der Waals surface area contributed by atoms with Crippen LogP contribution < -0.4 is 4.90 Å². The van der Waals surface area contributed by atoms with Crippen LogP contribution in [0.4, 0.5) is 11.4 Å². The van der Waals surface area contributed by atoms with Gasteiger partial charge in [-0.25, -0.2) is 4.79 Å². The molecular formula is C17H15BrN2O5. The standard InChI is InChI=1S/C17H15BrN2O5/c1-11(16(21)19(2)13-6-4-3-5-7-13)25-17(22)12-8-9-14(18)15(10-12)20(23)24/h3-11H,1-2H3/t11-/m0/s1. The van der Waals surface area contributed by atoms with Gasteiger partial charge in [-0.1, -0.05) is 18.2 Å². The molecule has 130 valence electrons. The number of anilines is 1. The van der Waals surface area contributed by atoms with Crippen molar-refractivity contribution in [2.24, 2.45) is 0 Å².